The lowest BCUT2D eigenvalue weighted by atomic mass is 10.0. The number of nitrogens with zero attached hydrogens (tertiary/aromatic N) is 4. The standard InChI is InChI=1S/C30H22F5N5O6/c1-3-39(18-4-5-20-21(11-18)46-30(34,35)45-20)23(41)14-40-27(43)19-12-22(26(42)37-28(6-7-28)29(31,32)33)44-25(19)24(38-40)17-9-15(2)8-16(10-17)13-36/h4-5,8-12H,3,6-7,14H2,1-2H3,(H,37,42). The number of ether oxygens (including phenoxy) is 2. The third-order valence-electron chi connectivity index (χ3n) is 7.58. The van der Waals surface area contributed by atoms with Crippen LogP contribution in [0.15, 0.2) is 51.7 Å². The summed E-state index contributed by atoms with van der Waals surface area (Å²) in [6.45, 7) is 2.65. The van der Waals surface area contributed by atoms with Gasteiger partial charge >= 0.3 is 12.5 Å². The van der Waals surface area contributed by atoms with Crippen LogP contribution in [0.1, 0.15) is 41.4 Å². The maximum Gasteiger partial charge on any atom is 0.586 e. The smallest absolute Gasteiger partial charge is 0.448 e. The maximum absolute atomic E-state index is 13.6. The molecule has 0 saturated heterocycles. The number of aryl methyl sites for hydroxylation is 1. The average molecular weight is 644 g/mol. The van der Waals surface area contributed by atoms with Crippen molar-refractivity contribution in [3.8, 4) is 28.8 Å². The van der Waals surface area contributed by atoms with E-state index in [4.69, 9.17) is 4.42 Å². The maximum atomic E-state index is 13.6. The summed E-state index contributed by atoms with van der Waals surface area (Å²) in [5.41, 5.74) is -2.35. The van der Waals surface area contributed by atoms with Gasteiger partial charge in [0.2, 0.25) is 5.91 Å². The zero-order chi connectivity index (χ0) is 33.2. The number of amides is 2. The van der Waals surface area contributed by atoms with Crippen molar-refractivity contribution in [2.75, 3.05) is 11.4 Å². The van der Waals surface area contributed by atoms with Crippen LogP contribution in [0.2, 0.25) is 0 Å². The second-order valence-electron chi connectivity index (χ2n) is 10.8. The Bertz CT molecular complexity index is 2030. The molecule has 46 heavy (non-hydrogen) atoms. The molecule has 3 heterocycles. The fraction of sp³-hybridized carbons (Fsp3) is 0.300. The highest BCUT2D eigenvalue weighted by Gasteiger charge is 2.64. The molecule has 1 aliphatic carbocycles. The molecule has 2 amide bonds. The number of carbonyl (C=O) groups excluding carboxylic acids is 2. The molecule has 6 rings (SSSR count). The molecule has 1 fully saturated rings. The summed E-state index contributed by atoms with van der Waals surface area (Å²) in [6.07, 6.45) is -9.21. The molecular weight excluding hydrogens is 621 g/mol. The number of hydrogen-bond donors (Lipinski definition) is 1. The van der Waals surface area contributed by atoms with Gasteiger partial charge in [0, 0.05) is 29.9 Å². The average Bonchev–Trinajstić information content (AvgIpc) is 3.52. The lowest BCUT2D eigenvalue weighted by Crippen LogP contribution is -2.47. The predicted octanol–water partition coefficient (Wildman–Crippen LogP) is 5.04. The van der Waals surface area contributed by atoms with E-state index in [0.29, 0.717) is 5.56 Å². The van der Waals surface area contributed by atoms with Crippen molar-refractivity contribution >= 4 is 28.5 Å². The lowest BCUT2D eigenvalue weighted by Gasteiger charge is -2.21. The number of benzene rings is 2. The van der Waals surface area contributed by atoms with E-state index >= 15 is 0 Å². The summed E-state index contributed by atoms with van der Waals surface area (Å²) in [5, 5.41) is 15.5. The van der Waals surface area contributed by atoms with E-state index in [1.54, 1.807) is 26.0 Å². The highest BCUT2D eigenvalue weighted by atomic mass is 19.4. The molecule has 238 valence electrons. The normalized spacial score (nSPS) is 15.8. The summed E-state index contributed by atoms with van der Waals surface area (Å²) >= 11 is 0. The van der Waals surface area contributed by atoms with Crippen molar-refractivity contribution in [3.63, 3.8) is 0 Å². The molecule has 0 unspecified atom stereocenters. The molecule has 4 aromatic rings. The Labute approximate surface area is 255 Å². The van der Waals surface area contributed by atoms with E-state index in [2.05, 4.69) is 14.6 Å². The topological polar surface area (TPSA) is 140 Å². The number of fused-ring (bicyclic) bond motifs is 2. The predicted molar refractivity (Wildman–Crippen MR) is 149 cm³/mol. The van der Waals surface area contributed by atoms with Crippen LogP contribution in [0.5, 0.6) is 11.5 Å². The highest BCUT2D eigenvalue weighted by Crippen LogP contribution is 2.49. The van der Waals surface area contributed by atoms with Crippen LogP contribution < -0.4 is 25.2 Å². The Morgan fingerprint density at radius 3 is 2.48 bits per heavy atom. The second-order valence-corrected chi connectivity index (χ2v) is 10.8. The number of aromatic nitrogens is 2. The fourth-order valence-corrected chi connectivity index (χ4v) is 5.17. The number of likely N-dealkylation sites (N-methyl/N-ethyl adjacent to an activating group) is 1. The van der Waals surface area contributed by atoms with Gasteiger partial charge in [-0.15, -0.1) is 8.78 Å². The molecule has 1 saturated carbocycles. The van der Waals surface area contributed by atoms with E-state index in [1.165, 1.54) is 29.2 Å². The first kappa shape index (κ1) is 30.6. The zero-order valence-corrected chi connectivity index (χ0v) is 24.0. The second kappa shape index (κ2) is 10.6. The minimum absolute atomic E-state index is 0.0408. The molecule has 2 aromatic heterocycles. The first-order valence-corrected chi connectivity index (χ1v) is 13.8. The molecule has 16 heteroatoms. The quantitative estimate of drug-likeness (QED) is 0.277. The van der Waals surface area contributed by atoms with Crippen molar-refractivity contribution in [3.05, 3.63) is 69.7 Å². The van der Waals surface area contributed by atoms with Crippen LogP contribution in [0.25, 0.3) is 22.2 Å². The number of alkyl halides is 5. The number of anilines is 1. The first-order chi connectivity index (χ1) is 21.6. The fourth-order valence-electron chi connectivity index (χ4n) is 5.17. The van der Waals surface area contributed by atoms with Crippen molar-refractivity contribution in [1.29, 1.82) is 5.26 Å². The van der Waals surface area contributed by atoms with E-state index in [9.17, 15) is 41.6 Å². The van der Waals surface area contributed by atoms with Gasteiger partial charge in [0.15, 0.2) is 22.8 Å². The summed E-state index contributed by atoms with van der Waals surface area (Å²) in [4.78, 5) is 41.2. The molecule has 1 N–H and O–H groups in total. The Balaban J connectivity index is 1.41. The molecule has 11 nitrogen and oxygen atoms in total. The van der Waals surface area contributed by atoms with Crippen LogP contribution >= 0.6 is 0 Å². The highest BCUT2D eigenvalue weighted by molar-refractivity contribution is 5.99. The minimum Gasteiger partial charge on any atom is -0.448 e. The Hall–Kier alpha value is -5.46. The van der Waals surface area contributed by atoms with Crippen LogP contribution in [0.3, 0.4) is 0 Å². The molecule has 2 aliphatic rings. The van der Waals surface area contributed by atoms with E-state index in [0.717, 1.165) is 10.7 Å². The number of nitrogens with one attached hydrogen (secondary N) is 1. The number of hydrogen-bond acceptors (Lipinski definition) is 8. The van der Waals surface area contributed by atoms with Crippen LogP contribution in [-0.4, -0.2) is 46.1 Å². The van der Waals surface area contributed by atoms with Gasteiger partial charge in [-0.05, 0) is 62.6 Å². The number of rotatable bonds is 7. The zero-order valence-electron chi connectivity index (χ0n) is 24.0. The largest absolute Gasteiger partial charge is 0.586 e. The van der Waals surface area contributed by atoms with Gasteiger partial charge in [0.05, 0.1) is 17.0 Å². The van der Waals surface area contributed by atoms with Crippen molar-refractivity contribution in [1.82, 2.24) is 15.1 Å². The molecule has 1 aliphatic heterocycles. The molecule has 2 aromatic carbocycles. The Kier molecular flexibility index (Phi) is 7.02. The first-order valence-electron chi connectivity index (χ1n) is 13.8. The van der Waals surface area contributed by atoms with Gasteiger partial charge in [-0.25, -0.2) is 4.68 Å². The minimum atomic E-state index is -4.70. The summed E-state index contributed by atoms with van der Waals surface area (Å²) in [5.74, 6) is -3.02. The van der Waals surface area contributed by atoms with E-state index in [-0.39, 0.29) is 64.4 Å². The van der Waals surface area contributed by atoms with Crippen molar-refractivity contribution in [2.45, 2.75) is 51.2 Å². The van der Waals surface area contributed by atoms with Crippen molar-refractivity contribution in [2.24, 2.45) is 0 Å². The molecule has 0 radical (unpaired) electrons. The molecular formula is C30H22F5N5O6. The van der Waals surface area contributed by atoms with E-state index < -0.39 is 47.7 Å². The number of furan rings is 1. The monoisotopic (exact) mass is 643 g/mol. The number of nitriles is 1. The summed E-state index contributed by atoms with van der Waals surface area (Å²) in [7, 11) is 0. The third kappa shape index (κ3) is 5.37. The molecule has 0 bridgehead atoms. The van der Waals surface area contributed by atoms with Crippen molar-refractivity contribution < 1.29 is 45.4 Å². The van der Waals surface area contributed by atoms with Crippen LogP contribution in [-0.2, 0) is 11.3 Å². The molecule has 0 spiro atoms. The number of carbonyl (C=O) groups is 2. The van der Waals surface area contributed by atoms with Crippen LogP contribution in [0.4, 0.5) is 27.6 Å². The van der Waals surface area contributed by atoms with Gasteiger partial charge in [0.1, 0.15) is 17.8 Å². The van der Waals surface area contributed by atoms with Gasteiger partial charge < -0.3 is 24.1 Å². The van der Waals surface area contributed by atoms with Gasteiger partial charge in [-0.3, -0.25) is 14.4 Å². The third-order valence-corrected chi connectivity index (χ3v) is 7.58. The van der Waals surface area contributed by atoms with Gasteiger partial charge in [-0.1, -0.05) is 0 Å². The Morgan fingerprint density at radius 1 is 1.11 bits per heavy atom. The van der Waals surface area contributed by atoms with Crippen LogP contribution in [0, 0.1) is 18.3 Å². The Morgan fingerprint density at radius 2 is 1.83 bits per heavy atom. The SMILES string of the molecule is CCN(C(=O)Cn1nc(-c2cc(C)cc(C#N)c2)c2oc(C(=O)NC3(C(F)(F)F)CC3)cc2c1=O)c1ccc2c(c1)OC(F)(F)O2. The van der Waals surface area contributed by atoms with Gasteiger partial charge in [0.25, 0.3) is 11.5 Å². The summed E-state index contributed by atoms with van der Waals surface area (Å²) in [6, 6.07) is 11.3. The molecule has 0 atom stereocenters. The van der Waals surface area contributed by atoms with E-state index in [1.807, 2.05) is 11.4 Å². The lowest BCUT2D eigenvalue weighted by molar-refractivity contribution is -0.286. The van der Waals surface area contributed by atoms with Gasteiger partial charge in [-0.2, -0.15) is 23.5 Å². The number of halogens is 5. The summed E-state index contributed by atoms with van der Waals surface area (Å²) < 4.78 is 82.9.